The van der Waals surface area contributed by atoms with Crippen LogP contribution in [-0.2, 0) is 9.53 Å². The molecule has 8 nitrogen and oxygen atoms in total. The van der Waals surface area contributed by atoms with E-state index in [1.807, 2.05) is 0 Å². The van der Waals surface area contributed by atoms with Gasteiger partial charge in [-0.15, -0.1) is 11.8 Å². The molecule has 23 heavy (non-hydrogen) atoms. The second-order valence-corrected chi connectivity index (χ2v) is 6.12. The highest BCUT2D eigenvalue weighted by Gasteiger charge is 2.37. The Labute approximate surface area is 135 Å². The Morgan fingerprint density at radius 3 is 2.78 bits per heavy atom. The normalized spacial score (nSPS) is 19.3. The van der Waals surface area contributed by atoms with Gasteiger partial charge in [0.15, 0.2) is 0 Å². The van der Waals surface area contributed by atoms with Gasteiger partial charge in [-0.1, -0.05) is 0 Å². The number of hydrogen-bond donors (Lipinski definition) is 0. The summed E-state index contributed by atoms with van der Waals surface area (Å²) in [6.45, 7) is 0.0370. The van der Waals surface area contributed by atoms with Crippen LogP contribution in [0.5, 0.6) is 5.75 Å². The molecule has 2 aliphatic heterocycles. The van der Waals surface area contributed by atoms with Crippen molar-refractivity contribution >= 4 is 29.5 Å². The van der Waals surface area contributed by atoms with Gasteiger partial charge >= 0.3 is 6.16 Å². The fourth-order valence-electron chi connectivity index (χ4n) is 2.12. The van der Waals surface area contributed by atoms with Crippen LogP contribution in [0, 0.1) is 10.1 Å². The van der Waals surface area contributed by atoms with Crippen LogP contribution in [0.3, 0.4) is 0 Å². The summed E-state index contributed by atoms with van der Waals surface area (Å²) < 4.78 is 9.92. The topological polar surface area (TPSA) is 99.0 Å². The van der Waals surface area contributed by atoms with Crippen LogP contribution in [0.1, 0.15) is 6.42 Å². The van der Waals surface area contributed by atoms with E-state index in [0.29, 0.717) is 12.2 Å². The minimum Gasteiger partial charge on any atom is -0.429 e. The van der Waals surface area contributed by atoms with Gasteiger partial charge in [0.25, 0.3) is 5.69 Å². The summed E-state index contributed by atoms with van der Waals surface area (Å²) in [5.74, 6) is 0.915. The molecule has 0 bridgehead atoms. The van der Waals surface area contributed by atoms with Crippen LogP contribution < -0.4 is 4.74 Å². The summed E-state index contributed by atoms with van der Waals surface area (Å²) in [5, 5.41) is 10.7. The van der Waals surface area contributed by atoms with Crippen LogP contribution in [0.4, 0.5) is 10.5 Å². The van der Waals surface area contributed by atoms with E-state index in [9.17, 15) is 19.7 Å². The Morgan fingerprint density at radius 2 is 2.13 bits per heavy atom. The first-order valence-electron chi connectivity index (χ1n) is 6.74. The number of rotatable bonds is 4. The second kappa shape index (κ2) is 6.29. The number of thioether (sulfide) groups is 1. The number of carbonyl (C=O) groups excluding carboxylic acids is 2. The Morgan fingerprint density at radius 1 is 1.39 bits per heavy atom. The van der Waals surface area contributed by atoms with Gasteiger partial charge in [-0.2, -0.15) is 0 Å². The van der Waals surface area contributed by atoms with Crippen molar-refractivity contribution in [2.24, 2.45) is 0 Å². The monoisotopic (exact) mass is 336 g/mol. The van der Waals surface area contributed by atoms with Crippen LogP contribution >= 0.6 is 11.8 Å². The minimum atomic E-state index is -0.901. The molecule has 0 spiro atoms. The Balaban J connectivity index is 1.50. The Hall–Kier alpha value is -2.55. The summed E-state index contributed by atoms with van der Waals surface area (Å²) in [6.07, 6.45) is 1.37. The number of non-ortho nitro benzene ring substituents is 1. The van der Waals surface area contributed by atoms with E-state index in [0.717, 1.165) is 5.57 Å². The number of benzene rings is 1. The van der Waals surface area contributed by atoms with Crippen molar-refractivity contribution in [2.75, 3.05) is 12.4 Å². The van der Waals surface area contributed by atoms with Crippen molar-refractivity contribution in [1.82, 2.24) is 4.90 Å². The molecule has 1 amide bonds. The first-order chi connectivity index (χ1) is 11.0. The number of β-lactam (4-membered cyclic amide) rings is 1. The highest BCUT2D eigenvalue weighted by atomic mass is 32.2. The van der Waals surface area contributed by atoms with E-state index >= 15 is 0 Å². The summed E-state index contributed by atoms with van der Waals surface area (Å²) in [4.78, 5) is 34.6. The second-order valence-electron chi connectivity index (χ2n) is 4.95. The van der Waals surface area contributed by atoms with Crippen LogP contribution in [0.15, 0.2) is 36.0 Å². The third kappa shape index (κ3) is 3.45. The molecule has 0 saturated carbocycles. The van der Waals surface area contributed by atoms with Gasteiger partial charge in [0.2, 0.25) is 5.91 Å². The lowest BCUT2D eigenvalue weighted by Gasteiger charge is -2.40. The molecule has 0 aliphatic carbocycles. The van der Waals surface area contributed by atoms with Crippen molar-refractivity contribution in [3.63, 3.8) is 0 Å². The van der Waals surface area contributed by atoms with E-state index in [1.54, 1.807) is 22.9 Å². The van der Waals surface area contributed by atoms with E-state index in [4.69, 9.17) is 9.47 Å². The zero-order chi connectivity index (χ0) is 16.4. The maximum atomic E-state index is 11.6. The maximum absolute atomic E-state index is 11.6. The summed E-state index contributed by atoms with van der Waals surface area (Å²) in [5.41, 5.74) is 0.726. The quantitative estimate of drug-likeness (QED) is 0.273. The highest BCUT2D eigenvalue weighted by molar-refractivity contribution is 8.00. The zero-order valence-electron chi connectivity index (χ0n) is 11.8. The van der Waals surface area contributed by atoms with Gasteiger partial charge in [-0.3, -0.25) is 14.9 Å². The maximum Gasteiger partial charge on any atom is 0.514 e. The number of hydrogen-bond acceptors (Lipinski definition) is 7. The third-order valence-electron chi connectivity index (χ3n) is 3.35. The highest BCUT2D eigenvalue weighted by Crippen LogP contribution is 2.35. The van der Waals surface area contributed by atoms with Crippen LogP contribution in [0.2, 0.25) is 0 Å². The molecule has 1 aromatic carbocycles. The van der Waals surface area contributed by atoms with Crippen molar-refractivity contribution < 1.29 is 24.0 Å². The molecule has 2 aliphatic rings. The minimum absolute atomic E-state index is 0.0370. The molecule has 0 N–H and O–H groups in total. The summed E-state index contributed by atoms with van der Waals surface area (Å²) in [7, 11) is 0. The molecule has 2 heterocycles. The lowest BCUT2D eigenvalue weighted by Crippen LogP contribution is -2.49. The molecule has 9 heteroatoms. The molecular weight excluding hydrogens is 324 g/mol. The molecular formula is C14H12N2O6S. The fourth-order valence-corrected chi connectivity index (χ4v) is 3.29. The van der Waals surface area contributed by atoms with Crippen molar-refractivity contribution in [2.45, 2.75) is 11.8 Å². The molecule has 1 fully saturated rings. The molecule has 1 saturated heterocycles. The average molecular weight is 336 g/mol. The van der Waals surface area contributed by atoms with E-state index in [2.05, 4.69) is 0 Å². The largest absolute Gasteiger partial charge is 0.514 e. The lowest BCUT2D eigenvalue weighted by molar-refractivity contribution is -0.384. The molecule has 0 radical (unpaired) electrons. The SMILES string of the molecule is O=C(OCC1=CN2C(=O)C[C@@H]2SC1)Oc1ccc([N+](=O)[O-])cc1. The average Bonchev–Trinajstić information content (AvgIpc) is 2.53. The molecule has 0 unspecified atom stereocenters. The number of nitro benzene ring substituents is 1. The first kappa shape index (κ1) is 15.3. The smallest absolute Gasteiger partial charge is 0.429 e. The molecule has 120 valence electrons. The van der Waals surface area contributed by atoms with E-state index in [-0.39, 0.29) is 29.3 Å². The van der Waals surface area contributed by atoms with Gasteiger partial charge in [0, 0.05) is 24.1 Å². The van der Waals surface area contributed by atoms with Crippen molar-refractivity contribution in [1.29, 1.82) is 0 Å². The first-order valence-corrected chi connectivity index (χ1v) is 7.79. The zero-order valence-corrected chi connectivity index (χ0v) is 12.7. The summed E-state index contributed by atoms with van der Waals surface area (Å²) >= 11 is 1.63. The number of amides is 1. The van der Waals surface area contributed by atoms with Crippen LogP contribution in [0.25, 0.3) is 0 Å². The van der Waals surface area contributed by atoms with Crippen molar-refractivity contribution in [3.8, 4) is 5.75 Å². The Bertz CT molecular complexity index is 687. The third-order valence-corrected chi connectivity index (χ3v) is 4.67. The van der Waals surface area contributed by atoms with Crippen LogP contribution in [-0.4, -0.2) is 39.6 Å². The molecule has 0 aromatic heterocycles. The number of carbonyl (C=O) groups is 2. The van der Waals surface area contributed by atoms with Crippen molar-refractivity contribution in [3.05, 3.63) is 46.2 Å². The summed E-state index contributed by atoms with van der Waals surface area (Å²) in [6, 6.07) is 5.11. The number of nitrogens with zero attached hydrogens (tertiary/aromatic N) is 2. The fraction of sp³-hybridized carbons (Fsp3) is 0.286. The standard InChI is InChI=1S/C14H12N2O6S/c17-12-5-13-15(12)6-9(8-23-13)7-21-14(18)22-11-3-1-10(2-4-11)16(19)20/h1-4,6,13H,5,7-8H2/t13-/m0/s1. The number of fused-ring (bicyclic) bond motifs is 1. The van der Waals surface area contributed by atoms with Gasteiger partial charge < -0.3 is 14.4 Å². The van der Waals surface area contributed by atoms with Gasteiger partial charge in [0.1, 0.15) is 12.4 Å². The predicted octanol–water partition coefficient (Wildman–Crippen LogP) is 2.30. The van der Waals surface area contributed by atoms with E-state index < -0.39 is 11.1 Å². The predicted molar refractivity (Wildman–Crippen MR) is 80.9 cm³/mol. The molecule has 1 atom stereocenters. The Kier molecular flexibility index (Phi) is 4.20. The van der Waals surface area contributed by atoms with Gasteiger partial charge in [0.05, 0.1) is 16.7 Å². The number of ether oxygens (including phenoxy) is 2. The number of nitro groups is 1. The van der Waals surface area contributed by atoms with Gasteiger partial charge in [-0.25, -0.2) is 4.79 Å². The molecule has 1 aromatic rings. The molecule has 3 rings (SSSR count). The van der Waals surface area contributed by atoms with Gasteiger partial charge in [-0.05, 0) is 17.7 Å². The lowest BCUT2D eigenvalue weighted by atomic mass is 10.2. The van der Waals surface area contributed by atoms with E-state index in [1.165, 1.54) is 24.3 Å².